The summed E-state index contributed by atoms with van der Waals surface area (Å²) in [5.74, 6) is -1.35. The third-order valence-corrected chi connectivity index (χ3v) is 6.22. The van der Waals surface area contributed by atoms with Gasteiger partial charge in [0.1, 0.15) is 5.76 Å². The minimum absolute atomic E-state index is 0.139. The van der Waals surface area contributed by atoms with Gasteiger partial charge in [-0.15, -0.1) is 0 Å². The van der Waals surface area contributed by atoms with E-state index in [1.807, 2.05) is 30.3 Å². The number of hydrogen-bond acceptors (Lipinski definition) is 5. The number of carbonyl (C=O) groups excluding carboxylic acids is 2. The summed E-state index contributed by atoms with van der Waals surface area (Å²) in [5.41, 5.74) is 1.45. The number of hydrogen-bond donors (Lipinski definition) is 1. The van der Waals surface area contributed by atoms with E-state index in [-0.39, 0.29) is 11.3 Å². The van der Waals surface area contributed by atoms with Gasteiger partial charge in [-0.1, -0.05) is 58.4 Å². The van der Waals surface area contributed by atoms with Crippen molar-refractivity contribution in [2.75, 3.05) is 39.4 Å². The molecule has 2 aliphatic rings. The highest BCUT2D eigenvalue weighted by Crippen LogP contribution is 2.40. The minimum atomic E-state index is -0.641. The fraction of sp³-hybridized carbons (Fsp3) is 0.333. The number of ether oxygens (including phenoxy) is 1. The molecule has 0 aromatic heterocycles. The van der Waals surface area contributed by atoms with Crippen molar-refractivity contribution >= 4 is 33.4 Å². The SMILES string of the molecule is O=C1C(=O)N(CCCN2CCOCC2)[C@H](c2cccc(Br)c2)C1=C(O)c1ccccc1. The zero-order valence-corrected chi connectivity index (χ0v) is 18.8. The van der Waals surface area contributed by atoms with Crippen LogP contribution in [0.1, 0.15) is 23.6 Å². The molecule has 0 unspecified atom stereocenters. The lowest BCUT2D eigenvalue weighted by Gasteiger charge is -2.29. The van der Waals surface area contributed by atoms with E-state index in [0.29, 0.717) is 12.1 Å². The number of aliphatic hydroxyl groups is 1. The molecule has 2 aromatic rings. The molecule has 0 spiro atoms. The summed E-state index contributed by atoms with van der Waals surface area (Å²) in [4.78, 5) is 29.9. The smallest absolute Gasteiger partial charge is 0.295 e. The van der Waals surface area contributed by atoms with Gasteiger partial charge in [0.15, 0.2) is 0 Å². The quantitative estimate of drug-likeness (QED) is 0.385. The van der Waals surface area contributed by atoms with E-state index in [4.69, 9.17) is 4.74 Å². The summed E-state index contributed by atoms with van der Waals surface area (Å²) in [7, 11) is 0. The first kappa shape index (κ1) is 21.7. The van der Waals surface area contributed by atoms with E-state index in [0.717, 1.165) is 49.3 Å². The van der Waals surface area contributed by atoms with Crippen molar-refractivity contribution in [1.82, 2.24) is 9.80 Å². The molecule has 2 aliphatic heterocycles. The number of aliphatic hydroxyl groups excluding tert-OH is 1. The highest BCUT2D eigenvalue weighted by Gasteiger charge is 2.45. The molecule has 1 N–H and O–H groups in total. The largest absolute Gasteiger partial charge is 0.507 e. The fourth-order valence-corrected chi connectivity index (χ4v) is 4.59. The Morgan fingerprint density at radius 3 is 2.48 bits per heavy atom. The van der Waals surface area contributed by atoms with Gasteiger partial charge in [0.2, 0.25) is 0 Å². The van der Waals surface area contributed by atoms with Crippen molar-refractivity contribution in [2.45, 2.75) is 12.5 Å². The molecule has 7 heteroatoms. The molecule has 2 fully saturated rings. The molecule has 31 heavy (non-hydrogen) atoms. The van der Waals surface area contributed by atoms with E-state index in [1.165, 1.54) is 0 Å². The van der Waals surface area contributed by atoms with Gasteiger partial charge in [-0.3, -0.25) is 14.5 Å². The van der Waals surface area contributed by atoms with Crippen LogP contribution >= 0.6 is 15.9 Å². The Morgan fingerprint density at radius 2 is 1.77 bits per heavy atom. The maximum atomic E-state index is 13.0. The number of Topliss-reactive ketones (excluding diaryl/α,β-unsaturated/α-hetero) is 1. The third kappa shape index (κ3) is 4.74. The molecule has 1 atom stereocenters. The first-order chi connectivity index (χ1) is 15.1. The second-order valence-corrected chi connectivity index (χ2v) is 8.64. The number of likely N-dealkylation sites (tertiary alicyclic amines) is 1. The van der Waals surface area contributed by atoms with Crippen LogP contribution in [0.5, 0.6) is 0 Å². The van der Waals surface area contributed by atoms with Crippen molar-refractivity contribution in [3.63, 3.8) is 0 Å². The predicted octanol–water partition coefficient (Wildman–Crippen LogP) is 3.59. The maximum Gasteiger partial charge on any atom is 0.295 e. The Bertz CT molecular complexity index is 986. The van der Waals surface area contributed by atoms with Crippen molar-refractivity contribution in [2.24, 2.45) is 0 Å². The number of rotatable bonds is 6. The molecule has 6 nitrogen and oxygen atoms in total. The van der Waals surface area contributed by atoms with Gasteiger partial charge >= 0.3 is 0 Å². The van der Waals surface area contributed by atoms with Crippen LogP contribution in [0.15, 0.2) is 64.6 Å². The first-order valence-electron chi connectivity index (χ1n) is 10.5. The van der Waals surface area contributed by atoms with Gasteiger partial charge in [-0.05, 0) is 24.1 Å². The lowest BCUT2D eigenvalue weighted by Crippen LogP contribution is -2.38. The minimum Gasteiger partial charge on any atom is -0.507 e. The predicted molar refractivity (Wildman–Crippen MR) is 121 cm³/mol. The van der Waals surface area contributed by atoms with E-state index in [1.54, 1.807) is 29.2 Å². The zero-order valence-electron chi connectivity index (χ0n) is 17.2. The average Bonchev–Trinajstić information content (AvgIpc) is 3.05. The number of amides is 1. The van der Waals surface area contributed by atoms with E-state index < -0.39 is 17.7 Å². The van der Waals surface area contributed by atoms with E-state index >= 15 is 0 Å². The van der Waals surface area contributed by atoms with E-state index in [9.17, 15) is 14.7 Å². The number of halogens is 1. The number of ketones is 1. The summed E-state index contributed by atoms with van der Waals surface area (Å²) >= 11 is 3.48. The fourth-order valence-electron chi connectivity index (χ4n) is 4.17. The van der Waals surface area contributed by atoms with Crippen molar-refractivity contribution in [1.29, 1.82) is 0 Å². The summed E-state index contributed by atoms with van der Waals surface area (Å²) < 4.78 is 6.24. The van der Waals surface area contributed by atoms with Gasteiger partial charge in [-0.25, -0.2) is 0 Å². The standard InChI is InChI=1S/C24H25BrN2O4/c25-19-9-4-8-18(16-19)21-20(22(28)17-6-2-1-3-7-17)23(29)24(30)27(21)11-5-10-26-12-14-31-15-13-26/h1-4,6-9,16,21,28H,5,10-15H2/t21-/m1/s1. The second kappa shape index (κ2) is 9.77. The Morgan fingerprint density at radius 1 is 1.03 bits per heavy atom. The van der Waals surface area contributed by atoms with Crippen LogP contribution in [0.3, 0.4) is 0 Å². The Kier molecular flexibility index (Phi) is 6.85. The van der Waals surface area contributed by atoms with Crippen LogP contribution in [0, 0.1) is 0 Å². The second-order valence-electron chi connectivity index (χ2n) is 7.72. The number of nitrogens with zero attached hydrogens (tertiary/aromatic N) is 2. The number of carbonyl (C=O) groups is 2. The molecule has 0 saturated carbocycles. The molecular weight excluding hydrogens is 460 g/mol. The van der Waals surface area contributed by atoms with Gasteiger partial charge < -0.3 is 14.7 Å². The van der Waals surface area contributed by atoms with Gasteiger partial charge in [-0.2, -0.15) is 0 Å². The van der Waals surface area contributed by atoms with Gasteiger partial charge in [0.25, 0.3) is 11.7 Å². The lowest BCUT2D eigenvalue weighted by molar-refractivity contribution is -0.140. The normalized spacial score (nSPS) is 21.6. The van der Waals surface area contributed by atoms with Crippen LogP contribution in [0.2, 0.25) is 0 Å². The molecule has 0 radical (unpaired) electrons. The van der Waals surface area contributed by atoms with Gasteiger partial charge in [0.05, 0.1) is 24.8 Å². The summed E-state index contributed by atoms with van der Waals surface area (Å²) in [6.45, 7) is 4.46. The van der Waals surface area contributed by atoms with Crippen LogP contribution < -0.4 is 0 Å². The van der Waals surface area contributed by atoms with Crippen LogP contribution in [-0.2, 0) is 14.3 Å². The number of morpholine rings is 1. The molecule has 1 amide bonds. The van der Waals surface area contributed by atoms with Crippen molar-refractivity contribution < 1.29 is 19.4 Å². The summed E-state index contributed by atoms with van der Waals surface area (Å²) in [6.07, 6.45) is 0.739. The van der Waals surface area contributed by atoms with Crippen LogP contribution in [-0.4, -0.2) is 66.0 Å². The first-order valence-corrected chi connectivity index (χ1v) is 11.2. The van der Waals surface area contributed by atoms with Crippen molar-refractivity contribution in [3.05, 3.63) is 75.8 Å². The maximum absolute atomic E-state index is 13.0. The highest BCUT2D eigenvalue weighted by atomic mass is 79.9. The third-order valence-electron chi connectivity index (χ3n) is 5.73. The Hall–Kier alpha value is -2.48. The summed E-state index contributed by atoms with van der Waals surface area (Å²) in [5, 5.41) is 11.0. The van der Waals surface area contributed by atoms with Crippen molar-refractivity contribution in [3.8, 4) is 0 Å². The molecule has 162 valence electrons. The Balaban J connectivity index is 1.66. The Labute approximate surface area is 190 Å². The summed E-state index contributed by atoms with van der Waals surface area (Å²) in [6, 6.07) is 15.8. The molecule has 4 rings (SSSR count). The average molecular weight is 485 g/mol. The lowest BCUT2D eigenvalue weighted by atomic mass is 9.95. The van der Waals surface area contributed by atoms with Crippen LogP contribution in [0.25, 0.3) is 5.76 Å². The zero-order chi connectivity index (χ0) is 21.8. The highest BCUT2D eigenvalue weighted by molar-refractivity contribution is 9.10. The molecule has 2 heterocycles. The van der Waals surface area contributed by atoms with Crippen LogP contribution in [0.4, 0.5) is 0 Å². The molecule has 0 bridgehead atoms. The monoisotopic (exact) mass is 484 g/mol. The topological polar surface area (TPSA) is 70.1 Å². The van der Waals surface area contributed by atoms with E-state index in [2.05, 4.69) is 20.8 Å². The molecule has 0 aliphatic carbocycles. The molecule has 2 aromatic carbocycles. The van der Waals surface area contributed by atoms with Gasteiger partial charge in [0, 0.05) is 36.2 Å². The molecular formula is C24H25BrN2O4. The number of benzene rings is 2. The molecule has 2 saturated heterocycles.